The maximum atomic E-state index is 13.9. The summed E-state index contributed by atoms with van der Waals surface area (Å²) < 4.78 is 19.4. The molecule has 1 aliphatic carbocycles. The van der Waals surface area contributed by atoms with Gasteiger partial charge < -0.3 is 14.6 Å². The summed E-state index contributed by atoms with van der Waals surface area (Å²) in [5, 5.41) is 20.9. The van der Waals surface area contributed by atoms with Gasteiger partial charge in [0, 0.05) is 0 Å². The average molecular weight is 297 g/mol. The lowest BCUT2D eigenvalue weighted by Gasteiger charge is -2.23. The second kappa shape index (κ2) is 4.76. The first kappa shape index (κ1) is 13.2. The molecule has 4 rings (SSSR count). The van der Waals surface area contributed by atoms with Gasteiger partial charge in [0.1, 0.15) is 23.7 Å². The minimum Gasteiger partial charge on any atom is -0.437 e. The molecule has 0 fully saturated rings. The highest BCUT2D eigenvalue weighted by Gasteiger charge is 2.35. The third kappa shape index (κ3) is 1.80. The predicted molar refractivity (Wildman–Crippen MR) is 76.5 cm³/mol. The van der Waals surface area contributed by atoms with Gasteiger partial charge in [0.15, 0.2) is 5.76 Å². The Kier molecular flexibility index (Phi) is 2.85. The molecule has 3 aromatic rings. The van der Waals surface area contributed by atoms with Gasteiger partial charge in [0.05, 0.1) is 5.56 Å². The number of benzene rings is 2. The zero-order valence-electron chi connectivity index (χ0n) is 11.4. The van der Waals surface area contributed by atoms with E-state index in [0.717, 1.165) is 0 Å². The van der Waals surface area contributed by atoms with Gasteiger partial charge in [-0.25, -0.2) is 9.37 Å². The van der Waals surface area contributed by atoms with Crippen molar-refractivity contribution in [2.75, 3.05) is 0 Å². The predicted octanol–water partition coefficient (Wildman–Crippen LogP) is 2.96. The van der Waals surface area contributed by atoms with Gasteiger partial charge in [-0.15, -0.1) is 0 Å². The summed E-state index contributed by atoms with van der Waals surface area (Å²) in [7, 11) is 0. The first-order valence-electron chi connectivity index (χ1n) is 6.87. The van der Waals surface area contributed by atoms with Crippen molar-refractivity contribution in [3.63, 3.8) is 0 Å². The van der Waals surface area contributed by atoms with Crippen LogP contribution in [0.1, 0.15) is 34.8 Å². The Hall–Kier alpha value is -2.50. The second-order valence-electron chi connectivity index (χ2n) is 5.18. The quantitative estimate of drug-likeness (QED) is 0.724. The Bertz CT molecular complexity index is 812. The summed E-state index contributed by atoms with van der Waals surface area (Å²) in [5.74, 6) is -0.263. The molecule has 1 aromatic heterocycles. The molecule has 5 heteroatoms. The number of fused-ring (bicyclic) bond motifs is 2. The number of aliphatic hydroxyl groups is 2. The van der Waals surface area contributed by atoms with Gasteiger partial charge in [-0.3, -0.25) is 0 Å². The molecule has 2 N–H and O–H groups in total. The monoisotopic (exact) mass is 297 g/mol. The van der Waals surface area contributed by atoms with E-state index < -0.39 is 18.0 Å². The minimum absolute atomic E-state index is 0.0500. The van der Waals surface area contributed by atoms with Crippen molar-refractivity contribution in [1.82, 2.24) is 4.98 Å². The largest absolute Gasteiger partial charge is 0.437 e. The lowest BCUT2D eigenvalue weighted by Crippen LogP contribution is -2.16. The van der Waals surface area contributed by atoms with Gasteiger partial charge in [-0.1, -0.05) is 36.4 Å². The van der Waals surface area contributed by atoms with Crippen LogP contribution in [0.3, 0.4) is 0 Å². The van der Waals surface area contributed by atoms with Crippen molar-refractivity contribution in [3.05, 3.63) is 76.9 Å². The molecule has 0 saturated carbocycles. The summed E-state index contributed by atoms with van der Waals surface area (Å²) in [6.07, 6.45) is -2.03. The first-order valence-corrected chi connectivity index (χ1v) is 6.87. The molecule has 1 heterocycles. The summed E-state index contributed by atoms with van der Waals surface area (Å²) >= 11 is 0. The molecule has 0 radical (unpaired) electrons. The lowest BCUT2D eigenvalue weighted by atomic mass is 9.88. The third-order valence-electron chi connectivity index (χ3n) is 3.88. The molecule has 2 aromatic carbocycles. The van der Waals surface area contributed by atoms with E-state index in [2.05, 4.69) is 4.98 Å². The zero-order chi connectivity index (χ0) is 15.3. The Balaban J connectivity index is 1.89. The Morgan fingerprint density at radius 3 is 2.27 bits per heavy atom. The lowest BCUT2D eigenvalue weighted by molar-refractivity contribution is 0.151. The maximum absolute atomic E-state index is 13.9. The highest BCUT2D eigenvalue weighted by molar-refractivity contribution is 5.56. The number of rotatable bonds is 1. The molecular weight excluding hydrogens is 285 g/mol. The molecule has 0 saturated heterocycles. The van der Waals surface area contributed by atoms with Gasteiger partial charge in [0.2, 0.25) is 5.89 Å². The van der Waals surface area contributed by atoms with Crippen LogP contribution in [-0.2, 0) is 0 Å². The van der Waals surface area contributed by atoms with Crippen molar-refractivity contribution in [2.24, 2.45) is 0 Å². The van der Waals surface area contributed by atoms with Gasteiger partial charge in [-0.2, -0.15) is 0 Å². The van der Waals surface area contributed by atoms with Gasteiger partial charge in [0.25, 0.3) is 0 Å². The van der Waals surface area contributed by atoms with Crippen LogP contribution in [-0.4, -0.2) is 15.2 Å². The number of nitrogens with zero attached hydrogens (tertiary/aromatic N) is 1. The van der Waals surface area contributed by atoms with Crippen LogP contribution in [0.2, 0.25) is 0 Å². The van der Waals surface area contributed by atoms with E-state index in [4.69, 9.17) is 4.42 Å². The van der Waals surface area contributed by atoms with E-state index in [-0.39, 0.29) is 22.9 Å². The fourth-order valence-electron chi connectivity index (χ4n) is 2.78. The smallest absolute Gasteiger partial charge is 0.229 e. The van der Waals surface area contributed by atoms with Crippen molar-refractivity contribution < 1.29 is 19.0 Å². The highest BCUT2D eigenvalue weighted by atomic mass is 19.1. The standard InChI is InChI=1S/C17H12FNO3/c18-12-8-4-3-7-11(12)17-19-13-14(20)9-5-1-2-6-10(9)15(21)16(13)22-17/h1-8,14-15,20-21H. The fourth-order valence-corrected chi connectivity index (χ4v) is 2.78. The van der Waals surface area contributed by atoms with Crippen LogP contribution in [0.4, 0.5) is 4.39 Å². The number of halogens is 1. The third-order valence-corrected chi connectivity index (χ3v) is 3.88. The Morgan fingerprint density at radius 2 is 1.55 bits per heavy atom. The molecule has 2 unspecified atom stereocenters. The fraction of sp³-hybridized carbons (Fsp3) is 0.118. The number of aromatic nitrogens is 1. The van der Waals surface area contributed by atoms with E-state index in [1.165, 1.54) is 6.07 Å². The van der Waals surface area contributed by atoms with Crippen molar-refractivity contribution in [3.8, 4) is 11.5 Å². The minimum atomic E-state index is -1.03. The maximum Gasteiger partial charge on any atom is 0.229 e. The van der Waals surface area contributed by atoms with Crippen molar-refractivity contribution in [2.45, 2.75) is 12.2 Å². The average Bonchev–Trinajstić information content (AvgIpc) is 2.98. The molecule has 0 aliphatic heterocycles. The molecular formula is C17H12FNO3. The second-order valence-corrected chi connectivity index (χ2v) is 5.18. The van der Waals surface area contributed by atoms with Gasteiger partial charge in [-0.05, 0) is 23.3 Å². The molecule has 4 nitrogen and oxygen atoms in total. The van der Waals surface area contributed by atoms with E-state index in [0.29, 0.717) is 11.1 Å². The van der Waals surface area contributed by atoms with E-state index in [1.54, 1.807) is 42.5 Å². The number of aliphatic hydroxyl groups excluding tert-OH is 2. The van der Waals surface area contributed by atoms with Crippen LogP contribution in [0.15, 0.2) is 52.9 Å². The van der Waals surface area contributed by atoms with Crippen molar-refractivity contribution >= 4 is 0 Å². The first-order chi connectivity index (χ1) is 10.7. The highest BCUT2D eigenvalue weighted by Crippen LogP contribution is 2.42. The number of hydrogen-bond donors (Lipinski definition) is 2. The topological polar surface area (TPSA) is 66.5 Å². The molecule has 0 spiro atoms. The van der Waals surface area contributed by atoms with Crippen molar-refractivity contribution in [1.29, 1.82) is 0 Å². The summed E-state index contributed by atoms with van der Waals surface area (Å²) in [4.78, 5) is 4.20. The van der Waals surface area contributed by atoms with Crippen LogP contribution >= 0.6 is 0 Å². The molecule has 22 heavy (non-hydrogen) atoms. The number of oxazole rings is 1. The molecule has 0 amide bonds. The molecule has 2 atom stereocenters. The Morgan fingerprint density at radius 1 is 0.909 bits per heavy atom. The number of hydrogen-bond acceptors (Lipinski definition) is 4. The van der Waals surface area contributed by atoms with E-state index in [1.807, 2.05) is 0 Å². The van der Waals surface area contributed by atoms with Gasteiger partial charge >= 0.3 is 0 Å². The normalized spacial score (nSPS) is 19.6. The molecule has 110 valence electrons. The van der Waals surface area contributed by atoms with Crippen LogP contribution in [0.25, 0.3) is 11.5 Å². The summed E-state index contributed by atoms with van der Waals surface area (Å²) in [5.41, 5.74) is 1.57. The summed E-state index contributed by atoms with van der Waals surface area (Å²) in [6.45, 7) is 0. The Labute approximate surface area is 125 Å². The molecule has 0 bridgehead atoms. The van der Waals surface area contributed by atoms with E-state index in [9.17, 15) is 14.6 Å². The van der Waals surface area contributed by atoms with Crippen LogP contribution < -0.4 is 0 Å². The molecule has 1 aliphatic rings. The van der Waals surface area contributed by atoms with Crippen LogP contribution in [0.5, 0.6) is 0 Å². The summed E-state index contributed by atoms with van der Waals surface area (Å²) in [6, 6.07) is 13.1. The SMILES string of the molecule is OC1c2ccccc2C(O)c2oc(-c3ccccc3F)nc21. The van der Waals surface area contributed by atoms with E-state index >= 15 is 0 Å². The van der Waals surface area contributed by atoms with Crippen LogP contribution in [0, 0.1) is 5.82 Å². The zero-order valence-corrected chi connectivity index (χ0v) is 11.4.